The maximum absolute atomic E-state index is 10.2. The van der Waals surface area contributed by atoms with Gasteiger partial charge < -0.3 is 9.52 Å². The number of aromatic nitrogens is 1. The normalized spacial score (nSPS) is 12.7. The van der Waals surface area contributed by atoms with Gasteiger partial charge in [-0.3, -0.25) is 4.99 Å². The van der Waals surface area contributed by atoms with Crippen LogP contribution in [-0.4, -0.2) is 16.3 Å². The highest BCUT2D eigenvalue weighted by Crippen LogP contribution is 2.30. The predicted molar refractivity (Wildman–Crippen MR) is 123 cm³/mol. The Bertz CT molecular complexity index is 1240. The van der Waals surface area contributed by atoms with Crippen molar-refractivity contribution in [3.05, 3.63) is 76.3 Å². The fraction of sp³-hybridized carbons (Fsp3) is 0.200. The number of nitrogens with zero attached hydrogens (tertiary/aromatic N) is 2. The Balaban J connectivity index is 1.65. The van der Waals surface area contributed by atoms with Crippen molar-refractivity contribution in [2.24, 2.45) is 4.99 Å². The Labute approximate surface area is 180 Å². The molecule has 1 atom stereocenters. The van der Waals surface area contributed by atoms with Crippen molar-refractivity contribution >= 4 is 34.6 Å². The van der Waals surface area contributed by atoms with Gasteiger partial charge in [-0.2, -0.15) is 0 Å². The number of aryl methyl sites for hydroxylation is 1. The molecule has 5 heteroatoms. The van der Waals surface area contributed by atoms with Crippen molar-refractivity contribution in [3.63, 3.8) is 0 Å². The Morgan fingerprint density at radius 1 is 1.17 bits per heavy atom. The van der Waals surface area contributed by atoms with Crippen LogP contribution in [0.25, 0.3) is 22.6 Å². The first-order chi connectivity index (χ1) is 14.4. The molecular formula is C25H23ClN2O2. The van der Waals surface area contributed by atoms with E-state index in [1.54, 1.807) is 25.3 Å². The van der Waals surface area contributed by atoms with E-state index in [0.717, 1.165) is 28.8 Å². The van der Waals surface area contributed by atoms with Gasteiger partial charge in [0, 0.05) is 22.4 Å². The zero-order chi connectivity index (χ0) is 21.3. The fourth-order valence-electron chi connectivity index (χ4n) is 3.33. The average Bonchev–Trinajstić information content (AvgIpc) is 3.18. The molecule has 0 saturated heterocycles. The van der Waals surface area contributed by atoms with Crippen LogP contribution in [0, 0.1) is 6.92 Å². The molecule has 0 aliphatic carbocycles. The molecule has 0 saturated carbocycles. The van der Waals surface area contributed by atoms with E-state index in [0.29, 0.717) is 28.0 Å². The Kier molecular flexibility index (Phi) is 5.60. The maximum atomic E-state index is 10.2. The number of benzene rings is 3. The highest BCUT2D eigenvalue weighted by atomic mass is 35.5. The fourth-order valence-corrected chi connectivity index (χ4v) is 3.61. The minimum absolute atomic E-state index is 0.176. The third kappa shape index (κ3) is 4.10. The van der Waals surface area contributed by atoms with E-state index >= 15 is 0 Å². The van der Waals surface area contributed by atoms with Gasteiger partial charge in [-0.1, -0.05) is 37.6 Å². The highest BCUT2D eigenvalue weighted by molar-refractivity contribution is 6.31. The lowest BCUT2D eigenvalue weighted by atomic mass is 9.98. The predicted octanol–water partition coefficient (Wildman–Crippen LogP) is 7.43. The van der Waals surface area contributed by atoms with E-state index in [1.807, 2.05) is 30.3 Å². The highest BCUT2D eigenvalue weighted by Gasteiger charge is 2.11. The number of hydrogen-bond donors (Lipinski definition) is 1. The molecule has 3 aromatic carbocycles. The van der Waals surface area contributed by atoms with E-state index < -0.39 is 0 Å². The van der Waals surface area contributed by atoms with E-state index in [2.05, 4.69) is 36.0 Å². The molecular weight excluding hydrogens is 396 g/mol. The lowest BCUT2D eigenvalue weighted by Crippen LogP contribution is -1.90. The smallest absolute Gasteiger partial charge is 0.227 e. The van der Waals surface area contributed by atoms with Crippen LogP contribution in [0.3, 0.4) is 0 Å². The quantitative estimate of drug-likeness (QED) is 0.343. The number of phenols is 1. The van der Waals surface area contributed by atoms with Crippen LogP contribution in [0.4, 0.5) is 5.69 Å². The van der Waals surface area contributed by atoms with Gasteiger partial charge in [0.15, 0.2) is 5.58 Å². The monoisotopic (exact) mass is 418 g/mol. The van der Waals surface area contributed by atoms with Gasteiger partial charge in [0.1, 0.15) is 11.3 Å². The summed E-state index contributed by atoms with van der Waals surface area (Å²) < 4.78 is 5.97. The van der Waals surface area contributed by atoms with Crippen molar-refractivity contribution in [2.75, 3.05) is 0 Å². The molecule has 0 bridgehead atoms. The van der Waals surface area contributed by atoms with Crippen molar-refractivity contribution in [1.82, 2.24) is 4.98 Å². The summed E-state index contributed by atoms with van der Waals surface area (Å²) in [7, 11) is 0. The van der Waals surface area contributed by atoms with Crippen LogP contribution in [0.5, 0.6) is 5.75 Å². The molecule has 0 radical (unpaired) electrons. The van der Waals surface area contributed by atoms with Gasteiger partial charge >= 0.3 is 0 Å². The Hall–Kier alpha value is -3.11. The molecule has 0 fully saturated rings. The first-order valence-corrected chi connectivity index (χ1v) is 10.4. The van der Waals surface area contributed by atoms with E-state index in [1.165, 1.54) is 5.56 Å². The molecule has 152 valence electrons. The maximum Gasteiger partial charge on any atom is 0.227 e. The van der Waals surface area contributed by atoms with Gasteiger partial charge in [0.2, 0.25) is 5.89 Å². The number of aromatic hydroxyl groups is 1. The van der Waals surface area contributed by atoms with Gasteiger partial charge in [-0.25, -0.2) is 4.98 Å². The topological polar surface area (TPSA) is 58.6 Å². The summed E-state index contributed by atoms with van der Waals surface area (Å²) in [5, 5.41) is 10.8. The summed E-state index contributed by atoms with van der Waals surface area (Å²) in [5.41, 5.74) is 5.75. The van der Waals surface area contributed by atoms with Crippen LogP contribution >= 0.6 is 11.6 Å². The lowest BCUT2D eigenvalue weighted by molar-refractivity contribution is 0.470. The summed E-state index contributed by atoms with van der Waals surface area (Å²) in [4.78, 5) is 9.18. The molecule has 4 rings (SSSR count). The van der Waals surface area contributed by atoms with Gasteiger partial charge in [-0.15, -0.1) is 0 Å². The van der Waals surface area contributed by atoms with Gasteiger partial charge in [0.05, 0.1) is 5.69 Å². The summed E-state index contributed by atoms with van der Waals surface area (Å²) in [6, 6.07) is 17.2. The SMILES string of the molecule is CC[C@@H](C)c1ccc2oc(-c3cccc(N=Cc4cc(Cl)cc(C)c4O)c3)nc2c1. The second kappa shape index (κ2) is 8.33. The van der Waals surface area contributed by atoms with Crippen molar-refractivity contribution < 1.29 is 9.52 Å². The first kappa shape index (κ1) is 20.2. The van der Waals surface area contributed by atoms with Crippen molar-refractivity contribution in [1.29, 1.82) is 0 Å². The summed E-state index contributed by atoms with van der Waals surface area (Å²) >= 11 is 6.09. The number of oxazole rings is 1. The number of halogens is 1. The zero-order valence-electron chi connectivity index (χ0n) is 17.2. The Morgan fingerprint density at radius 3 is 2.80 bits per heavy atom. The molecule has 0 aliphatic rings. The second-order valence-corrected chi connectivity index (χ2v) is 7.96. The van der Waals surface area contributed by atoms with Crippen LogP contribution < -0.4 is 0 Å². The largest absolute Gasteiger partial charge is 0.507 e. The molecule has 1 N–H and O–H groups in total. The summed E-state index contributed by atoms with van der Waals surface area (Å²) in [6.07, 6.45) is 2.69. The molecule has 4 nitrogen and oxygen atoms in total. The van der Waals surface area contributed by atoms with Crippen LogP contribution in [0.1, 0.15) is 42.9 Å². The third-order valence-electron chi connectivity index (χ3n) is 5.33. The molecule has 30 heavy (non-hydrogen) atoms. The first-order valence-electron chi connectivity index (χ1n) is 9.98. The Morgan fingerprint density at radius 2 is 2.00 bits per heavy atom. The second-order valence-electron chi connectivity index (χ2n) is 7.52. The van der Waals surface area contributed by atoms with Gasteiger partial charge in [-0.05, 0) is 72.9 Å². The third-order valence-corrected chi connectivity index (χ3v) is 5.55. The van der Waals surface area contributed by atoms with Crippen molar-refractivity contribution in [3.8, 4) is 17.2 Å². The molecule has 1 heterocycles. The minimum Gasteiger partial charge on any atom is -0.507 e. The van der Waals surface area contributed by atoms with Gasteiger partial charge in [0.25, 0.3) is 0 Å². The number of rotatable bonds is 5. The van der Waals surface area contributed by atoms with Crippen molar-refractivity contribution in [2.45, 2.75) is 33.1 Å². The summed E-state index contributed by atoms with van der Waals surface area (Å²) in [5.74, 6) is 1.22. The molecule has 4 aromatic rings. The van der Waals surface area contributed by atoms with Crippen LogP contribution in [0.2, 0.25) is 5.02 Å². The molecule has 0 spiro atoms. The molecule has 0 aliphatic heterocycles. The van der Waals surface area contributed by atoms with Crippen LogP contribution in [0.15, 0.2) is 64.0 Å². The number of phenolic OH excluding ortho intramolecular Hbond substituents is 1. The lowest BCUT2D eigenvalue weighted by Gasteiger charge is -2.07. The van der Waals surface area contributed by atoms with E-state index in [4.69, 9.17) is 16.0 Å². The average molecular weight is 419 g/mol. The molecule has 0 unspecified atom stereocenters. The number of fused-ring (bicyclic) bond motifs is 1. The number of aliphatic imine (C=N–C) groups is 1. The molecule has 1 aromatic heterocycles. The number of hydrogen-bond acceptors (Lipinski definition) is 4. The molecule has 0 amide bonds. The van der Waals surface area contributed by atoms with Crippen LogP contribution in [-0.2, 0) is 0 Å². The standard InChI is InChI=1S/C25H23ClN2O2/c1-4-15(2)17-8-9-23-22(13-17)28-25(30-23)18-6-5-7-21(12-18)27-14-19-11-20(26)10-16(3)24(19)29/h5-15,29H,4H2,1-3H3/t15-/m1/s1. The zero-order valence-corrected chi connectivity index (χ0v) is 17.9. The van der Waals surface area contributed by atoms with E-state index in [9.17, 15) is 5.11 Å². The van der Waals surface area contributed by atoms with E-state index in [-0.39, 0.29) is 5.75 Å². The minimum atomic E-state index is 0.176. The summed E-state index contributed by atoms with van der Waals surface area (Å²) in [6.45, 7) is 6.20.